The molecule has 8 heteroatoms. The Bertz CT molecular complexity index is 856. The molecule has 0 aromatic carbocycles. The summed E-state index contributed by atoms with van der Waals surface area (Å²) in [5, 5.41) is 0. The van der Waals surface area contributed by atoms with Crippen molar-refractivity contribution in [1.29, 1.82) is 0 Å². The Hall–Kier alpha value is -1.67. The Morgan fingerprint density at radius 3 is 2.44 bits per heavy atom. The first-order valence-corrected chi connectivity index (χ1v) is 10.3. The average Bonchev–Trinajstić information content (AvgIpc) is 2.89. The van der Waals surface area contributed by atoms with Crippen LogP contribution in [0.2, 0.25) is 0 Å². The molecule has 25 heavy (non-hydrogen) atoms. The van der Waals surface area contributed by atoms with Crippen molar-refractivity contribution in [2.45, 2.75) is 53.0 Å². The van der Waals surface area contributed by atoms with E-state index in [-0.39, 0.29) is 5.75 Å². The SMILES string of the molecule is CCCc1nc2c(N)nc(C)c(C)c2n1CCCCS(=O)(=O)N(C)C. The van der Waals surface area contributed by atoms with Gasteiger partial charge in [0.1, 0.15) is 11.3 Å². The van der Waals surface area contributed by atoms with E-state index in [9.17, 15) is 8.42 Å². The number of nitrogens with zero attached hydrogens (tertiary/aromatic N) is 4. The summed E-state index contributed by atoms with van der Waals surface area (Å²) >= 11 is 0. The van der Waals surface area contributed by atoms with Gasteiger partial charge < -0.3 is 10.3 Å². The molecule has 0 bridgehead atoms. The average molecular weight is 368 g/mol. The standard InChI is InChI=1S/C17H29N5O2S/c1-6-9-14-20-15-16(12(2)13(3)19-17(15)18)22(14)10-7-8-11-25(23,24)21(4)5/h6-11H2,1-5H3,(H2,18,19). The molecule has 2 rings (SSSR count). The minimum atomic E-state index is -3.15. The number of hydrogen-bond donors (Lipinski definition) is 1. The smallest absolute Gasteiger partial charge is 0.213 e. The molecule has 0 radical (unpaired) electrons. The lowest BCUT2D eigenvalue weighted by molar-refractivity contribution is 0.514. The van der Waals surface area contributed by atoms with Gasteiger partial charge in [0.25, 0.3) is 0 Å². The van der Waals surface area contributed by atoms with Crippen LogP contribution in [0.5, 0.6) is 0 Å². The van der Waals surface area contributed by atoms with Crippen LogP contribution in [0.4, 0.5) is 5.82 Å². The number of rotatable bonds is 8. The zero-order chi connectivity index (χ0) is 18.8. The molecular formula is C17H29N5O2S. The number of unbranched alkanes of at least 4 members (excludes halogenated alkanes) is 1. The van der Waals surface area contributed by atoms with Crippen molar-refractivity contribution in [1.82, 2.24) is 18.8 Å². The number of fused-ring (bicyclic) bond motifs is 1. The Kier molecular flexibility index (Phi) is 6.05. The molecule has 2 aromatic rings. The van der Waals surface area contributed by atoms with Crippen molar-refractivity contribution in [2.24, 2.45) is 0 Å². The summed E-state index contributed by atoms with van der Waals surface area (Å²) in [4.78, 5) is 9.09. The second-order valence-corrected chi connectivity index (χ2v) is 8.94. The number of imidazole rings is 1. The molecule has 7 nitrogen and oxygen atoms in total. The van der Waals surface area contributed by atoms with Gasteiger partial charge in [0.05, 0.1) is 11.3 Å². The molecule has 2 heterocycles. The van der Waals surface area contributed by atoms with Gasteiger partial charge in [-0.1, -0.05) is 6.92 Å². The van der Waals surface area contributed by atoms with Crippen LogP contribution in [0.3, 0.4) is 0 Å². The Morgan fingerprint density at radius 2 is 1.84 bits per heavy atom. The van der Waals surface area contributed by atoms with Crippen LogP contribution in [0.1, 0.15) is 43.3 Å². The number of hydrogen-bond acceptors (Lipinski definition) is 5. The molecule has 0 fully saturated rings. The molecule has 0 saturated heterocycles. The Balaban J connectivity index is 2.28. The quantitative estimate of drug-likeness (QED) is 0.722. The van der Waals surface area contributed by atoms with E-state index in [1.807, 2.05) is 13.8 Å². The molecule has 0 unspecified atom stereocenters. The first-order chi connectivity index (χ1) is 11.7. The third kappa shape index (κ3) is 4.12. The molecule has 0 amide bonds. The van der Waals surface area contributed by atoms with E-state index in [1.54, 1.807) is 14.1 Å². The van der Waals surface area contributed by atoms with Crippen molar-refractivity contribution in [3.63, 3.8) is 0 Å². The van der Waals surface area contributed by atoms with E-state index in [1.165, 1.54) is 4.31 Å². The van der Waals surface area contributed by atoms with Crippen molar-refractivity contribution in [3.05, 3.63) is 17.1 Å². The molecule has 0 atom stereocenters. The number of pyridine rings is 1. The van der Waals surface area contributed by atoms with Gasteiger partial charge in [-0.2, -0.15) is 0 Å². The largest absolute Gasteiger partial charge is 0.382 e. The third-order valence-electron chi connectivity index (χ3n) is 4.54. The van der Waals surface area contributed by atoms with Gasteiger partial charge in [-0.3, -0.25) is 0 Å². The van der Waals surface area contributed by atoms with Crippen LogP contribution in [0.15, 0.2) is 0 Å². The molecule has 0 saturated carbocycles. The summed E-state index contributed by atoms with van der Waals surface area (Å²) in [6.45, 7) is 6.84. The summed E-state index contributed by atoms with van der Waals surface area (Å²) in [5.41, 5.74) is 9.86. The van der Waals surface area contributed by atoms with Crippen molar-refractivity contribution < 1.29 is 8.42 Å². The lowest BCUT2D eigenvalue weighted by Crippen LogP contribution is -2.25. The number of nitrogen functional groups attached to an aromatic ring is 1. The van der Waals surface area contributed by atoms with E-state index in [2.05, 4.69) is 16.5 Å². The number of aryl methyl sites for hydroxylation is 4. The highest BCUT2D eigenvalue weighted by Gasteiger charge is 2.18. The topological polar surface area (TPSA) is 94.1 Å². The normalized spacial score (nSPS) is 12.4. The Morgan fingerprint density at radius 1 is 1.16 bits per heavy atom. The third-order valence-corrected chi connectivity index (χ3v) is 6.46. The fourth-order valence-corrected chi connectivity index (χ4v) is 3.87. The molecule has 140 valence electrons. The molecule has 0 aliphatic carbocycles. The van der Waals surface area contributed by atoms with Crippen LogP contribution in [0, 0.1) is 13.8 Å². The number of sulfonamides is 1. The minimum absolute atomic E-state index is 0.164. The lowest BCUT2D eigenvalue weighted by atomic mass is 10.2. The fourth-order valence-electron chi connectivity index (χ4n) is 2.94. The molecule has 2 N–H and O–H groups in total. The van der Waals surface area contributed by atoms with Crippen molar-refractivity contribution >= 4 is 26.9 Å². The lowest BCUT2D eigenvalue weighted by Gasteiger charge is -2.13. The van der Waals surface area contributed by atoms with Gasteiger partial charge >= 0.3 is 0 Å². The van der Waals surface area contributed by atoms with Gasteiger partial charge in [-0.15, -0.1) is 0 Å². The summed E-state index contributed by atoms with van der Waals surface area (Å²) in [5.74, 6) is 1.62. The van der Waals surface area contributed by atoms with Gasteiger partial charge in [-0.05, 0) is 38.7 Å². The summed E-state index contributed by atoms with van der Waals surface area (Å²) in [7, 11) is -0.00641. The van der Waals surface area contributed by atoms with Crippen LogP contribution in [-0.4, -0.2) is 47.1 Å². The number of anilines is 1. The summed E-state index contributed by atoms with van der Waals surface area (Å²) in [6.07, 6.45) is 3.24. The van der Waals surface area contributed by atoms with Gasteiger partial charge in [-0.25, -0.2) is 22.7 Å². The highest BCUT2D eigenvalue weighted by molar-refractivity contribution is 7.89. The second kappa shape index (κ2) is 7.70. The van der Waals surface area contributed by atoms with E-state index in [4.69, 9.17) is 10.7 Å². The predicted octanol–water partition coefficient (Wildman–Crippen LogP) is 2.25. The Labute approximate surface area is 150 Å². The molecule has 2 aromatic heterocycles. The predicted molar refractivity (Wildman–Crippen MR) is 102 cm³/mol. The second-order valence-electron chi connectivity index (χ2n) is 6.64. The summed E-state index contributed by atoms with van der Waals surface area (Å²) < 4.78 is 27.3. The van der Waals surface area contributed by atoms with Gasteiger partial charge in [0.2, 0.25) is 10.0 Å². The van der Waals surface area contributed by atoms with E-state index < -0.39 is 10.0 Å². The number of aromatic nitrogens is 3. The van der Waals surface area contributed by atoms with Crippen LogP contribution in [-0.2, 0) is 23.0 Å². The first-order valence-electron chi connectivity index (χ1n) is 8.71. The maximum atomic E-state index is 11.9. The molecule has 0 spiro atoms. The van der Waals surface area contributed by atoms with Crippen molar-refractivity contribution in [3.8, 4) is 0 Å². The molecular weight excluding hydrogens is 338 g/mol. The van der Waals surface area contributed by atoms with Crippen LogP contribution in [0.25, 0.3) is 11.0 Å². The number of nitrogens with two attached hydrogens (primary N) is 1. The maximum Gasteiger partial charge on any atom is 0.213 e. The van der Waals surface area contributed by atoms with Crippen LogP contribution < -0.4 is 5.73 Å². The minimum Gasteiger partial charge on any atom is -0.382 e. The van der Waals surface area contributed by atoms with Gasteiger partial charge in [0, 0.05) is 32.8 Å². The maximum absolute atomic E-state index is 11.9. The van der Waals surface area contributed by atoms with E-state index in [0.29, 0.717) is 12.2 Å². The van der Waals surface area contributed by atoms with Crippen LogP contribution >= 0.6 is 0 Å². The van der Waals surface area contributed by atoms with E-state index in [0.717, 1.165) is 53.9 Å². The zero-order valence-electron chi connectivity index (χ0n) is 15.8. The monoisotopic (exact) mass is 367 g/mol. The van der Waals surface area contributed by atoms with E-state index >= 15 is 0 Å². The summed E-state index contributed by atoms with van der Waals surface area (Å²) in [6, 6.07) is 0. The molecule has 0 aliphatic heterocycles. The molecule has 0 aliphatic rings. The highest BCUT2D eigenvalue weighted by Crippen LogP contribution is 2.27. The van der Waals surface area contributed by atoms with Gasteiger partial charge in [0.15, 0.2) is 5.82 Å². The van der Waals surface area contributed by atoms with Crippen molar-refractivity contribution in [2.75, 3.05) is 25.6 Å². The fraction of sp³-hybridized carbons (Fsp3) is 0.647. The highest BCUT2D eigenvalue weighted by atomic mass is 32.2. The first kappa shape index (κ1) is 19.7. The zero-order valence-corrected chi connectivity index (χ0v) is 16.7.